The Labute approximate surface area is 129 Å². The highest BCUT2D eigenvalue weighted by Crippen LogP contribution is 2.07. The van der Waals surface area contributed by atoms with Gasteiger partial charge < -0.3 is 5.11 Å². The number of hydrogen-bond donors (Lipinski definition) is 1. The van der Waals surface area contributed by atoms with Gasteiger partial charge in [-0.05, 0) is 12.8 Å². The van der Waals surface area contributed by atoms with Gasteiger partial charge in [0.05, 0.1) is 0 Å². The summed E-state index contributed by atoms with van der Waals surface area (Å²) in [5.74, 6) is -0.931. The van der Waals surface area contributed by atoms with E-state index in [4.69, 9.17) is 5.11 Å². The highest BCUT2D eigenvalue weighted by molar-refractivity contribution is 5.80. The molecule has 0 heterocycles. The van der Waals surface area contributed by atoms with Crippen molar-refractivity contribution < 1.29 is 9.90 Å². The molecule has 0 aliphatic rings. The Balaban J connectivity index is 3.53. The van der Waals surface area contributed by atoms with Crippen molar-refractivity contribution in [1.82, 2.24) is 0 Å². The Morgan fingerprint density at radius 3 is 1.90 bits per heavy atom. The molecule has 0 spiro atoms. The van der Waals surface area contributed by atoms with E-state index in [-0.39, 0.29) is 0 Å². The minimum atomic E-state index is -0.931. The number of allylic oxidation sites excluding steroid dienone is 9. The molecule has 0 fully saturated rings. The monoisotopic (exact) mass is 288 g/mol. The molecule has 0 bridgehead atoms. The molecule has 0 saturated carbocycles. The second-order valence-corrected chi connectivity index (χ2v) is 4.84. The third kappa shape index (κ3) is 18.2. The van der Waals surface area contributed by atoms with E-state index in [1.807, 2.05) is 24.3 Å². The average molecular weight is 288 g/mol. The standard InChI is InChI=1S/C19H28O2/c1-2-3-4-5-6-7-8-9-10-11-12-13-14-15-16-17-18-19(20)21/h9-18H,2-8H2,1H3,(H,20,21). The zero-order valence-corrected chi connectivity index (χ0v) is 13.1. The Bertz CT molecular complexity index is 384. The molecule has 0 unspecified atom stereocenters. The smallest absolute Gasteiger partial charge is 0.328 e. The van der Waals surface area contributed by atoms with Gasteiger partial charge in [0, 0.05) is 6.08 Å². The van der Waals surface area contributed by atoms with Crippen LogP contribution >= 0.6 is 0 Å². The van der Waals surface area contributed by atoms with Crippen LogP contribution in [0, 0.1) is 0 Å². The summed E-state index contributed by atoms with van der Waals surface area (Å²) in [6, 6.07) is 0. The molecule has 2 heteroatoms. The molecule has 116 valence electrons. The molecule has 0 radical (unpaired) electrons. The number of hydrogen-bond acceptors (Lipinski definition) is 1. The SMILES string of the molecule is CCCCCCCCC=CC=CC=CC=CC=CC(=O)O. The topological polar surface area (TPSA) is 37.3 Å². The maximum atomic E-state index is 10.2. The van der Waals surface area contributed by atoms with Crippen molar-refractivity contribution >= 4 is 5.97 Å². The summed E-state index contributed by atoms with van der Waals surface area (Å²) in [5.41, 5.74) is 0. The van der Waals surface area contributed by atoms with Crippen LogP contribution in [-0.2, 0) is 4.79 Å². The van der Waals surface area contributed by atoms with Crippen LogP contribution in [0.5, 0.6) is 0 Å². The predicted octanol–water partition coefficient (Wildman–Crippen LogP) is 5.60. The van der Waals surface area contributed by atoms with Crippen LogP contribution in [0.4, 0.5) is 0 Å². The zero-order valence-electron chi connectivity index (χ0n) is 13.1. The predicted molar refractivity (Wildman–Crippen MR) is 91.3 cm³/mol. The summed E-state index contributed by atoms with van der Waals surface area (Å²) in [7, 11) is 0. The fraction of sp³-hybridized carbons (Fsp3) is 0.421. The van der Waals surface area contributed by atoms with E-state index >= 15 is 0 Å². The molecule has 0 aromatic rings. The Morgan fingerprint density at radius 1 is 0.762 bits per heavy atom. The van der Waals surface area contributed by atoms with Crippen molar-refractivity contribution in [3.05, 3.63) is 60.8 Å². The molecule has 0 aliphatic carbocycles. The molecular weight excluding hydrogens is 260 g/mol. The molecule has 0 aliphatic heterocycles. The van der Waals surface area contributed by atoms with E-state index in [2.05, 4.69) is 19.1 Å². The lowest BCUT2D eigenvalue weighted by molar-refractivity contribution is -0.131. The molecule has 0 aromatic carbocycles. The summed E-state index contributed by atoms with van der Waals surface area (Å²) in [6.07, 6.45) is 27.3. The first-order valence-electron chi connectivity index (χ1n) is 7.83. The van der Waals surface area contributed by atoms with Crippen LogP contribution in [0.3, 0.4) is 0 Å². The van der Waals surface area contributed by atoms with Gasteiger partial charge in [0.25, 0.3) is 0 Å². The third-order valence-electron chi connectivity index (χ3n) is 2.88. The van der Waals surface area contributed by atoms with E-state index < -0.39 is 5.97 Å². The van der Waals surface area contributed by atoms with E-state index in [9.17, 15) is 4.79 Å². The maximum absolute atomic E-state index is 10.2. The molecule has 0 atom stereocenters. The molecule has 21 heavy (non-hydrogen) atoms. The van der Waals surface area contributed by atoms with Gasteiger partial charge >= 0.3 is 5.97 Å². The van der Waals surface area contributed by atoms with Gasteiger partial charge in [0.1, 0.15) is 0 Å². The second-order valence-electron chi connectivity index (χ2n) is 4.84. The Morgan fingerprint density at radius 2 is 1.29 bits per heavy atom. The summed E-state index contributed by atoms with van der Waals surface area (Å²) < 4.78 is 0. The number of carboxylic acid groups (broad SMARTS) is 1. The van der Waals surface area contributed by atoms with Crippen molar-refractivity contribution in [2.24, 2.45) is 0 Å². The number of carbonyl (C=O) groups is 1. The Hall–Kier alpha value is -1.83. The van der Waals surface area contributed by atoms with Gasteiger partial charge in [-0.3, -0.25) is 0 Å². The van der Waals surface area contributed by atoms with E-state index in [1.165, 1.54) is 44.6 Å². The molecule has 0 aromatic heterocycles. The average Bonchev–Trinajstić information content (AvgIpc) is 2.46. The van der Waals surface area contributed by atoms with Crippen LogP contribution in [0.15, 0.2) is 60.8 Å². The van der Waals surface area contributed by atoms with Crippen molar-refractivity contribution in [3.63, 3.8) is 0 Å². The van der Waals surface area contributed by atoms with E-state index in [0.717, 1.165) is 12.5 Å². The van der Waals surface area contributed by atoms with Crippen LogP contribution in [-0.4, -0.2) is 11.1 Å². The molecule has 0 saturated heterocycles. The third-order valence-corrected chi connectivity index (χ3v) is 2.88. The number of aliphatic carboxylic acids is 1. The van der Waals surface area contributed by atoms with E-state index in [0.29, 0.717) is 0 Å². The zero-order chi connectivity index (χ0) is 15.6. The molecule has 0 amide bonds. The van der Waals surface area contributed by atoms with Gasteiger partial charge in [-0.2, -0.15) is 0 Å². The van der Waals surface area contributed by atoms with E-state index in [1.54, 1.807) is 12.2 Å². The quantitative estimate of drug-likeness (QED) is 0.288. The first kappa shape index (κ1) is 19.2. The van der Waals surface area contributed by atoms with Crippen LogP contribution < -0.4 is 0 Å². The number of rotatable bonds is 12. The van der Waals surface area contributed by atoms with Gasteiger partial charge in [0.15, 0.2) is 0 Å². The lowest BCUT2D eigenvalue weighted by Gasteiger charge is -1.97. The largest absolute Gasteiger partial charge is 0.478 e. The first-order chi connectivity index (χ1) is 10.3. The van der Waals surface area contributed by atoms with Crippen LogP contribution in [0.1, 0.15) is 51.9 Å². The summed E-state index contributed by atoms with van der Waals surface area (Å²) >= 11 is 0. The lowest BCUT2D eigenvalue weighted by atomic mass is 10.1. The fourth-order valence-corrected chi connectivity index (χ4v) is 1.74. The summed E-state index contributed by atoms with van der Waals surface area (Å²) in [4.78, 5) is 10.2. The maximum Gasteiger partial charge on any atom is 0.328 e. The molecule has 2 nitrogen and oxygen atoms in total. The van der Waals surface area contributed by atoms with Gasteiger partial charge in [-0.15, -0.1) is 0 Å². The fourth-order valence-electron chi connectivity index (χ4n) is 1.74. The number of carboxylic acids is 1. The highest BCUT2D eigenvalue weighted by Gasteiger charge is 1.87. The highest BCUT2D eigenvalue weighted by atomic mass is 16.4. The number of unbranched alkanes of at least 4 members (excludes halogenated alkanes) is 6. The normalized spacial score (nSPS) is 12.8. The minimum absolute atomic E-state index is 0.931. The second kappa shape index (κ2) is 16.2. The van der Waals surface area contributed by atoms with Crippen LogP contribution in [0.25, 0.3) is 0 Å². The van der Waals surface area contributed by atoms with Crippen molar-refractivity contribution in [1.29, 1.82) is 0 Å². The van der Waals surface area contributed by atoms with Crippen LogP contribution in [0.2, 0.25) is 0 Å². The van der Waals surface area contributed by atoms with Gasteiger partial charge in [-0.1, -0.05) is 93.7 Å². The van der Waals surface area contributed by atoms with Crippen molar-refractivity contribution in [2.75, 3.05) is 0 Å². The lowest BCUT2D eigenvalue weighted by Crippen LogP contribution is -1.84. The molecule has 0 rings (SSSR count). The summed E-state index contributed by atoms with van der Waals surface area (Å²) in [6.45, 7) is 2.24. The van der Waals surface area contributed by atoms with Crippen molar-refractivity contribution in [3.8, 4) is 0 Å². The van der Waals surface area contributed by atoms with Crippen molar-refractivity contribution in [2.45, 2.75) is 51.9 Å². The minimum Gasteiger partial charge on any atom is -0.478 e. The van der Waals surface area contributed by atoms with Gasteiger partial charge in [-0.25, -0.2) is 4.79 Å². The first-order valence-corrected chi connectivity index (χ1v) is 7.83. The molecule has 1 N–H and O–H groups in total. The van der Waals surface area contributed by atoms with Gasteiger partial charge in [0.2, 0.25) is 0 Å². The molecular formula is C19H28O2. The Kier molecular flexibility index (Phi) is 14.8. The summed E-state index contributed by atoms with van der Waals surface area (Å²) in [5, 5.41) is 8.37.